The zero-order valence-corrected chi connectivity index (χ0v) is 13.1. The van der Waals surface area contributed by atoms with Gasteiger partial charge in [0.2, 0.25) is 0 Å². The van der Waals surface area contributed by atoms with E-state index in [1.54, 1.807) is 0 Å². The third kappa shape index (κ3) is 4.80. The molecule has 17 heavy (non-hydrogen) atoms. The normalized spacial score (nSPS) is 27.4. The number of hydrogen-bond acceptors (Lipinski definition) is 3. The Morgan fingerprint density at radius 2 is 2.00 bits per heavy atom. The van der Waals surface area contributed by atoms with Crippen LogP contribution < -0.4 is 5.32 Å². The van der Waals surface area contributed by atoms with Gasteiger partial charge >= 0.3 is 0 Å². The molecule has 0 amide bonds. The summed E-state index contributed by atoms with van der Waals surface area (Å²) in [5, 5.41) is 3.70. The highest BCUT2D eigenvalue weighted by atomic mass is 32.2. The first-order valence-corrected chi connectivity index (χ1v) is 8.19. The highest BCUT2D eigenvalue weighted by Crippen LogP contribution is 2.27. The van der Waals surface area contributed by atoms with E-state index in [0.29, 0.717) is 17.5 Å². The lowest BCUT2D eigenvalue weighted by Crippen LogP contribution is -2.60. The van der Waals surface area contributed by atoms with Gasteiger partial charge in [0.15, 0.2) is 0 Å². The van der Waals surface area contributed by atoms with Gasteiger partial charge in [0.05, 0.1) is 0 Å². The third-order valence-corrected chi connectivity index (χ3v) is 4.59. The van der Waals surface area contributed by atoms with Crippen LogP contribution in [0.4, 0.5) is 0 Å². The van der Waals surface area contributed by atoms with Crippen LogP contribution in [0.15, 0.2) is 0 Å². The molecule has 1 fully saturated rings. The fraction of sp³-hybridized carbons (Fsp3) is 1.00. The number of nitrogens with zero attached hydrogens (tertiary/aromatic N) is 1. The molecular formula is C14H30N2S. The molecule has 1 rings (SSSR count). The molecule has 0 radical (unpaired) electrons. The van der Waals surface area contributed by atoms with Crippen LogP contribution in [0.5, 0.6) is 0 Å². The molecule has 0 aromatic heterocycles. The maximum atomic E-state index is 3.70. The molecule has 0 saturated carbocycles. The highest BCUT2D eigenvalue weighted by molar-refractivity contribution is 7.99. The molecule has 2 atom stereocenters. The van der Waals surface area contributed by atoms with Crippen LogP contribution in [0, 0.1) is 5.41 Å². The summed E-state index contributed by atoms with van der Waals surface area (Å²) in [6.45, 7) is 15.3. The van der Waals surface area contributed by atoms with Gasteiger partial charge in [0, 0.05) is 37.5 Å². The molecule has 0 aromatic carbocycles. The van der Waals surface area contributed by atoms with Gasteiger partial charge in [0.1, 0.15) is 0 Å². The Kier molecular flexibility index (Phi) is 6.32. The van der Waals surface area contributed by atoms with Crippen LogP contribution in [0.1, 0.15) is 41.0 Å². The van der Waals surface area contributed by atoms with Gasteiger partial charge in [-0.3, -0.25) is 4.90 Å². The summed E-state index contributed by atoms with van der Waals surface area (Å²) in [6, 6.07) is 1.38. The second-order valence-corrected chi connectivity index (χ2v) is 7.48. The van der Waals surface area contributed by atoms with Gasteiger partial charge in [-0.15, -0.1) is 0 Å². The minimum Gasteiger partial charge on any atom is -0.311 e. The van der Waals surface area contributed by atoms with E-state index < -0.39 is 0 Å². The van der Waals surface area contributed by atoms with E-state index in [1.165, 1.54) is 31.0 Å². The maximum Gasteiger partial charge on any atom is 0.0270 e. The van der Waals surface area contributed by atoms with E-state index >= 15 is 0 Å². The van der Waals surface area contributed by atoms with Crippen molar-refractivity contribution in [3.05, 3.63) is 0 Å². The summed E-state index contributed by atoms with van der Waals surface area (Å²) in [5.41, 5.74) is 0.378. The number of piperazine rings is 1. The Balaban J connectivity index is 2.55. The largest absolute Gasteiger partial charge is 0.311 e. The summed E-state index contributed by atoms with van der Waals surface area (Å²) in [4.78, 5) is 2.72. The SMILES string of the molecule is CCSCCN1CC(CC)NCC1C(C)(C)C. The van der Waals surface area contributed by atoms with Gasteiger partial charge in [-0.05, 0) is 17.6 Å². The van der Waals surface area contributed by atoms with E-state index in [-0.39, 0.29) is 0 Å². The fourth-order valence-corrected chi connectivity index (χ4v) is 3.24. The molecule has 1 heterocycles. The zero-order valence-electron chi connectivity index (χ0n) is 12.3. The first-order valence-electron chi connectivity index (χ1n) is 7.04. The van der Waals surface area contributed by atoms with Crippen LogP contribution >= 0.6 is 11.8 Å². The Labute approximate surface area is 112 Å². The monoisotopic (exact) mass is 258 g/mol. The highest BCUT2D eigenvalue weighted by Gasteiger charge is 2.34. The van der Waals surface area contributed by atoms with E-state index in [4.69, 9.17) is 0 Å². The number of thioether (sulfide) groups is 1. The van der Waals surface area contributed by atoms with E-state index in [9.17, 15) is 0 Å². The van der Waals surface area contributed by atoms with Gasteiger partial charge < -0.3 is 5.32 Å². The van der Waals surface area contributed by atoms with Crippen molar-refractivity contribution in [2.24, 2.45) is 5.41 Å². The molecule has 0 aliphatic carbocycles. The van der Waals surface area contributed by atoms with Crippen LogP contribution in [-0.4, -0.2) is 48.1 Å². The predicted molar refractivity (Wildman–Crippen MR) is 79.9 cm³/mol. The Morgan fingerprint density at radius 3 is 2.53 bits per heavy atom. The summed E-state index contributed by atoms with van der Waals surface area (Å²) in [7, 11) is 0. The first-order chi connectivity index (χ1) is 7.99. The minimum absolute atomic E-state index is 0.378. The van der Waals surface area contributed by atoms with Crippen molar-refractivity contribution >= 4 is 11.8 Å². The quantitative estimate of drug-likeness (QED) is 0.764. The molecular weight excluding hydrogens is 228 g/mol. The van der Waals surface area contributed by atoms with Crippen LogP contribution in [0.25, 0.3) is 0 Å². The van der Waals surface area contributed by atoms with Crippen LogP contribution in [0.3, 0.4) is 0 Å². The van der Waals surface area contributed by atoms with Crippen LogP contribution in [0.2, 0.25) is 0 Å². The first kappa shape index (κ1) is 15.3. The molecule has 102 valence electrons. The summed E-state index contributed by atoms with van der Waals surface area (Å²) < 4.78 is 0. The van der Waals surface area contributed by atoms with E-state index in [0.717, 1.165) is 6.54 Å². The molecule has 0 spiro atoms. The van der Waals surface area contributed by atoms with Crippen LogP contribution in [-0.2, 0) is 0 Å². The lowest BCUT2D eigenvalue weighted by atomic mass is 9.83. The topological polar surface area (TPSA) is 15.3 Å². The Bertz CT molecular complexity index is 213. The molecule has 2 nitrogen and oxygen atoms in total. The van der Waals surface area contributed by atoms with Crippen molar-refractivity contribution in [2.75, 3.05) is 31.1 Å². The minimum atomic E-state index is 0.378. The average molecular weight is 258 g/mol. The third-order valence-electron chi connectivity index (χ3n) is 3.71. The Hall–Kier alpha value is 0.270. The van der Waals surface area contributed by atoms with Crippen molar-refractivity contribution < 1.29 is 0 Å². The van der Waals surface area contributed by atoms with Gasteiger partial charge in [-0.1, -0.05) is 34.6 Å². The maximum absolute atomic E-state index is 3.70. The summed E-state index contributed by atoms with van der Waals surface area (Å²) in [5.74, 6) is 2.52. The number of nitrogens with one attached hydrogen (secondary N) is 1. The van der Waals surface area contributed by atoms with Crippen molar-refractivity contribution in [3.63, 3.8) is 0 Å². The predicted octanol–water partition coefficient (Wildman–Crippen LogP) is 2.84. The fourth-order valence-electron chi connectivity index (χ4n) is 2.58. The second kappa shape index (κ2) is 7.01. The van der Waals surface area contributed by atoms with Gasteiger partial charge in [-0.25, -0.2) is 0 Å². The molecule has 0 aromatic rings. The van der Waals surface area contributed by atoms with Crippen molar-refractivity contribution in [3.8, 4) is 0 Å². The molecule has 1 aliphatic rings. The number of hydrogen-bond donors (Lipinski definition) is 1. The van der Waals surface area contributed by atoms with Gasteiger partial charge in [-0.2, -0.15) is 11.8 Å². The second-order valence-electron chi connectivity index (χ2n) is 6.09. The molecule has 1 N–H and O–H groups in total. The lowest BCUT2D eigenvalue weighted by molar-refractivity contribution is 0.0606. The lowest BCUT2D eigenvalue weighted by Gasteiger charge is -2.46. The molecule has 2 unspecified atom stereocenters. The number of rotatable bonds is 5. The molecule has 3 heteroatoms. The summed E-state index contributed by atoms with van der Waals surface area (Å²) in [6.07, 6.45) is 1.24. The average Bonchev–Trinajstić information content (AvgIpc) is 2.28. The summed E-state index contributed by atoms with van der Waals surface area (Å²) >= 11 is 2.06. The van der Waals surface area contributed by atoms with E-state index in [1.807, 2.05) is 0 Å². The molecule has 1 aliphatic heterocycles. The van der Waals surface area contributed by atoms with E-state index in [2.05, 4.69) is 56.6 Å². The molecule has 1 saturated heterocycles. The van der Waals surface area contributed by atoms with Crippen molar-refractivity contribution in [1.29, 1.82) is 0 Å². The van der Waals surface area contributed by atoms with Crippen molar-refractivity contribution in [1.82, 2.24) is 10.2 Å². The smallest absolute Gasteiger partial charge is 0.0270 e. The zero-order chi connectivity index (χ0) is 12.9. The standard InChI is InChI=1S/C14H30N2S/c1-6-12-11-16(8-9-17-7-2)13(10-15-12)14(3,4)5/h12-13,15H,6-11H2,1-5H3. The molecule has 0 bridgehead atoms. The van der Waals surface area contributed by atoms with Gasteiger partial charge in [0.25, 0.3) is 0 Å². The van der Waals surface area contributed by atoms with Crippen molar-refractivity contribution in [2.45, 2.75) is 53.1 Å². The Morgan fingerprint density at radius 1 is 1.29 bits per heavy atom.